The van der Waals surface area contributed by atoms with Crippen molar-refractivity contribution in [2.24, 2.45) is 5.92 Å². The minimum absolute atomic E-state index is 0.0968. The van der Waals surface area contributed by atoms with Gasteiger partial charge in [0.05, 0.1) is 11.3 Å². The number of rotatable bonds is 3. The Hall–Kier alpha value is -2.77. The molecule has 0 radical (unpaired) electrons. The van der Waals surface area contributed by atoms with Gasteiger partial charge in [0, 0.05) is 6.54 Å². The van der Waals surface area contributed by atoms with Gasteiger partial charge in [-0.1, -0.05) is 5.16 Å². The highest BCUT2D eigenvalue weighted by Gasteiger charge is 2.62. The quantitative estimate of drug-likeness (QED) is 0.910. The minimum atomic E-state index is -1.06. The first-order valence-electron chi connectivity index (χ1n) is 7.74. The van der Waals surface area contributed by atoms with E-state index in [1.807, 2.05) is 0 Å². The van der Waals surface area contributed by atoms with E-state index >= 15 is 0 Å². The van der Waals surface area contributed by atoms with Crippen LogP contribution in [0.15, 0.2) is 16.7 Å². The molecule has 0 spiro atoms. The van der Waals surface area contributed by atoms with Crippen molar-refractivity contribution in [2.45, 2.75) is 32.2 Å². The van der Waals surface area contributed by atoms with Crippen molar-refractivity contribution in [2.75, 3.05) is 6.54 Å². The first-order valence-corrected chi connectivity index (χ1v) is 7.74. The van der Waals surface area contributed by atoms with E-state index in [0.29, 0.717) is 29.9 Å². The molecule has 2 aromatic heterocycles. The summed E-state index contributed by atoms with van der Waals surface area (Å²) in [6, 6.07) is 2.88. The SMILES string of the molecule is Cc1noc(C23CC(CN2C(=O)c2ccc(C(=O)O)c(C)n2)C3)n1. The van der Waals surface area contributed by atoms with Gasteiger partial charge in [-0.05, 0) is 44.7 Å². The highest BCUT2D eigenvalue weighted by Crippen LogP contribution is 2.56. The second-order valence-corrected chi connectivity index (χ2v) is 6.50. The van der Waals surface area contributed by atoms with E-state index in [1.54, 1.807) is 18.7 Å². The summed E-state index contributed by atoms with van der Waals surface area (Å²) < 4.78 is 5.33. The molecule has 1 N–H and O–H groups in total. The molecule has 3 fully saturated rings. The Labute approximate surface area is 137 Å². The van der Waals surface area contributed by atoms with Crippen LogP contribution in [0.2, 0.25) is 0 Å². The summed E-state index contributed by atoms with van der Waals surface area (Å²) in [7, 11) is 0. The monoisotopic (exact) mass is 328 g/mol. The van der Waals surface area contributed by atoms with E-state index in [-0.39, 0.29) is 17.2 Å². The Morgan fingerprint density at radius 1 is 1.29 bits per heavy atom. The molecule has 24 heavy (non-hydrogen) atoms. The fourth-order valence-corrected chi connectivity index (χ4v) is 3.78. The van der Waals surface area contributed by atoms with Gasteiger partial charge in [-0.15, -0.1) is 0 Å². The molecule has 2 saturated heterocycles. The molecule has 1 aliphatic carbocycles. The lowest BCUT2D eigenvalue weighted by molar-refractivity contribution is 0.0422. The summed E-state index contributed by atoms with van der Waals surface area (Å²) in [4.78, 5) is 34.3. The van der Waals surface area contributed by atoms with E-state index in [4.69, 9.17) is 9.63 Å². The van der Waals surface area contributed by atoms with Crippen molar-refractivity contribution >= 4 is 11.9 Å². The largest absolute Gasteiger partial charge is 0.478 e. The van der Waals surface area contributed by atoms with Gasteiger partial charge in [0.15, 0.2) is 5.82 Å². The van der Waals surface area contributed by atoms with Crippen LogP contribution < -0.4 is 0 Å². The third-order valence-electron chi connectivity index (χ3n) is 4.92. The zero-order valence-electron chi connectivity index (χ0n) is 13.3. The number of amides is 1. The molecule has 1 amide bonds. The van der Waals surface area contributed by atoms with E-state index in [1.165, 1.54) is 12.1 Å². The van der Waals surface area contributed by atoms with Crippen molar-refractivity contribution in [3.8, 4) is 0 Å². The molecule has 0 atom stereocenters. The van der Waals surface area contributed by atoms with Crippen LogP contribution in [0.25, 0.3) is 0 Å². The molecule has 124 valence electrons. The number of aromatic carboxylic acids is 1. The summed E-state index contributed by atoms with van der Waals surface area (Å²) in [5.41, 5.74) is 0.118. The maximum absolute atomic E-state index is 12.9. The van der Waals surface area contributed by atoms with E-state index < -0.39 is 11.5 Å². The second kappa shape index (κ2) is 4.86. The van der Waals surface area contributed by atoms with Crippen LogP contribution in [0.5, 0.6) is 0 Å². The van der Waals surface area contributed by atoms with E-state index in [9.17, 15) is 9.59 Å². The number of fused-ring (bicyclic) bond motifs is 1. The Morgan fingerprint density at radius 2 is 2.04 bits per heavy atom. The lowest BCUT2D eigenvalue weighted by Gasteiger charge is -2.38. The van der Waals surface area contributed by atoms with Gasteiger partial charge in [0.1, 0.15) is 11.2 Å². The van der Waals surface area contributed by atoms with E-state index in [0.717, 1.165) is 12.8 Å². The predicted molar refractivity (Wildman–Crippen MR) is 80.4 cm³/mol. The Morgan fingerprint density at radius 3 is 2.62 bits per heavy atom. The van der Waals surface area contributed by atoms with Crippen molar-refractivity contribution in [1.29, 1.82) is 0 Å². The van der Waals surface area contributed by atoms with Gasteiger partial charge in [-0.25, -0.2) is 9.78 Å². The predicted octanol–water partition coefficient (Wildman–Crippen LogP) is 1.54. The Kier molecular flexibility index (Phi) is 3.00. The lowest BCUT2D eigenvalue weighted by atomic mass is 9.73. The summed E-state index contributed by atoms with van der Waals surface area (Å²) in [6.45, 7) is 3.96. The molecule has 0 aromatic carbocycles. The standard InChI is InChI=1S/C16H16N4O4/c1-8-11(14(22)23)3-4-12(17-8)13(21)20-7-10-5-16(20,6-10)15-18-9(2)19-24-15/h3-4,10H,5-7H2,1-2H3,(H,22,23). The van der Waals surface area contributed by atoms with Crippen molar-refractivity contribution < 1.29 is 19.2 Å². The molecule has 0 unspecified atom stereocenters. The molecule has 1 saturated carbocycles. The number of hydrogen-bond acceptors (Lipinski definition) is 6. The third kappa shape index (κ3) is 1.95. The number of pyridine rings is 1. The summed E-state index contributed by atoms with van der Waals surface area (Å²) in [5, 5.41) is 12.9. The summed E-state index contributed by atoms with van der Waals surface area (Å²) >= 11 is 0. The van der Waals surface area contributed by atoms with Crippen LogP contribution >= 0.6 is 0 Å². The smallest absolute Gasteiger partial charge is 0.337 e. The summed E-state index contributed by atoms with van der Waals surface area (Å²) in [5.74, 6) is 0.162. The van der Waals surface area contributed by atoms with E-state index in [2.05, 4.69) is 15.1 Å². The van der Waals surface area contributed by atoms with Crippen LogP contribution in [0, 0.1) is 19.8 Å². The van der Waals surface area contributed by atoms with Crippen LogP contribution in [0.4, 0.5) is 0 Å². The van der Waals surface area contributed by atoms with Gasteiger partial charge in [0.2, 0.25) is 0 Å². The maximum Gasteiger partial charge on any atom is 0.337 e. The highest BCUT2D eigenvalue weighted by molar-refractivity contribution is 5.95. The van der Waals surface area contributed by atoms with Crippen molar-refractivity contribution in [3.05, 3.63) is 40.8 Å². The van der Waals surface area contributed by atoms with Gasteiger partial charge < -0.3 is 14.5 Å². The minimum Gasteiger partial charge on any atom is -0.478 e. The van der Waals surface area contributed by atoms with Crippen LogP contribution in [0.3, 0.4) is 0 Å². The number of hydrogen-bond donors (Lipinski definition) is 1. The van der Waals surface area contributed by atoms with Crippen LogP contribution in [-0.4, -0.2) is 43.6 Å². The topological polar surface area (TPSA) is 109 Å². The molecular weight excluding hydrogens is 312 g/mol. The first kappa shape index (κ1) is 14.8. The Balaban J connectivity index is 1.67. The molecule has 8 heteroatoms. The number of carbonyl (C=O) groups is 2. The second-order valence-electron chi connectivity index (χ2n) is 6.50. The number of carbonyl (C=O) groups excluding carboxylic acids is 1. The van der Waals surface area contributed by atoms with Gasteiger partial charge in [-0.2, -0.15) is 4.98 Å². The number of aromatic nitrogens is 3. The van der Waals surface area contributed by atoms with Gasteiger partial charge in [-0.3, -0.25) is 4.79 Å². The first-order chi connectivity index (χ1) is 11.4. The third-order valence-corrected chi connectivity index (χ3v) is 4.92. The highest BCUT2D eigenvalue weighted by atomic mass is 16.5. The van der Waals surface area contributed by atoms with Gasteiger partial charge >= 0.3 is 5.97 Å². The van der Waals surface area contributed by atoms with Crippen LogP contribution in [0.1, 0.15) is 51.1 Å². The van der Waals surface area contributed by atoms with Crippen molar-refractivity contribution in [1.82, 2.24) is 20.0 Å². The molecule has 5 rings (SSSR count). The molecule has 2 bridgehead atoms. The average molecular weight is 328 g/mol. The van der Waals surface area contributed by atoms with Crippen molar-refractivity contribution in [3.63, 3.8) is 0 Å². The lowest BCUT2D eigenvalue weighted by Crippen LogP contribution is -2.46. The average Bonchev–Trinajstić information content (AvgIpc) is 3.17. The molecule has 4 heterocycles. The molecule has 2 aliphatic heterocycles. The molecular formula is C16H16N4O4. The number of carboxylic acids is 1. The zero-order chi connectivity index (χ0) is 17.1. The maximum atomic E-state index is 12.9. The fourth-order valence-electron chi connectivity index (χ4n) is 3.78. The molecule has 2 aromatic rings. The summed E-state index contributed by atoms with van der Waals surface area (Å²) in [6.07, 6.45) is 1.62. The zero-order valence-corrected chi connectivity index (χ0v) is 13.3. The number of nitrogens with zero attached hydrogens (tertiary/aromatic N) is 4. The number of carboxylic acid groups (broad SMARTS) is 1. The molecule has 3 aliphatic rings. The normalized spacial score (nSPS) is 24.8. The number of aryl methyl sites for hydroxylation is 2. The Bertz CT molecular complexity index is 854. The van der Waals surface area contributed by atoms with Gasteiger partial charge in [0.25, 0.3) is 11.8 Å². The fraction of sp³-hybridized carbons (Fsp3) is 0.438. The molecule has 8 nitrogen and oxygen atoms in total. The van der Waals surface area contributed by atoms with Crippen LogP contribution in [-0.2, 0) is 5.54 Å².